The van der Waals surface area contributed by atoms with Crippen molar-refractivity contribution in [3.63, 3.8) is 0 Å². The predicted octanol–water partition coefficient (Wildman–Crippen LogP) is 2.67. The number of hydrogen-bond acceptors (Lipinski definition) is 5. The zero-order valence-corrected chi connectivity index (χ0v) is 14.6. The van der Waals surface area contributed by atoms with E-state index in [0.717, 1.165) is 50.2 Å². The molecule has 0 bridgehead atoms. The van der Waals surface area contributed by atoms with Gasteiger partial charge in [-0.05, 0) is 37.7 Å². The fraction of sp³-hybridized carbons (Fsp3) is 0.611. The molecule has 4 heterocycles. The summed E-state index contributed by atoms with van der Waals surface area (Å²) in [4.78, 5) is 13.8. The van der Waals surface area contributed by atoms with E-state index in [-0.39, 0.29) is 0 Å². The van der Waals surface area contributed by atoms with Gasteiger partial charge in [0.1, 0.15) is 18.0 Å². The molecule has 0 radical (unpaired) electrons. The molecule has 4 rings (SSSR count). The minimum absolute atomic E-state index is 0.437. The number of aromatic nitrogens is 4. The fourth-order valence-corrected chi connectivity index (χ4v) is 3.88. The lowest BCUT2D eigenvalue weighted by atomic mass is 10.0. The maximum atomic E-state index is 4.53. The first-order valence-corrected chi connectivity index (χ1v) is 9.02. The van der Waals surface area contributed by atoms with E-state index in [2.05, 4.69) is 55.7 Å². The molecule has 0 aromatic carbocycles. The topological polar surface area (TPSA) is 50.1 Å². The summed E-state index contributed by atoms with van der Waals surface area (Å²) in [6.45, 7) is 8.62. The van der Waals surface area contributed by atoms with Crippen molar-refractivity contribution in [3.8, 4) is 0 Å². The Morgan fingerprint density at radius 1 is 1.04 bits per heavy atom. The van der Waals surface area contributed by atoms with Gasteiger partial charge >= 0.3 is 0 Å². The highest BCUT2D eigenvalue weighted by Crippen LogP contribution is 2.28. The van der Waals surface area contributed by atoms with E-state index in [0.29, 0.717) is 6.04 Å². The highest BCUT2D eigenvalue weighted by molar-refractivity contribution is 5.51. The molecule has 0 N–H and O–H groups in total. The minimum atomic E-state index is 0.437. The van der Waals surface area contributed by atoms with E-state index in [1.807, 2.05) is 6.20 Å². The Hall–Kier alpha value is -2.11. The van der Waals surface area contributed by atoms with Crippen molar-refractivity contribution in [1.82, 2.24) is 19.7 Å². The smallest absolute Gasteiger partial charge is 0.134 e. The molecule has 6 heteroatoms. The molecule has 2 fully saturated rings. The standard InChI is InChI=1S/C18H26N6/c1-14-4-3-6-22(10-14)17-8-18(20-13-19-17)23-7-5-16(12-23)24-11-15(2)9-21-24/h8-9,11,13-14,16H,3-7,10,12H2,1-2H3. The second-order valence-corrected chi connectivity index (χ2v) is 7.31. The van der Waals surface area contributed by atoms with Gasteiger partial charge in [0, 0.05) is 38.4 Å². The van der Waals surface area contributed by atoms with E-state index >= 15 is 0 Å². The predicted molar refractivity (Wildman–Crippen MR) is 95.5 cm³/mol. The van der Waals surface area contributed by atoms with Crippen LogP contribution in [0.1, 0.15) is 37.8 Å². The number of anilines is 2. The second kappa shape index (κ2) is 6.42. The molecule has 2 aromatic rings. The van der Waals surface area contributed by atoms with Crippen molar-refractivity contribution in [2.45, 2.75) is 39.2 Å². The van der Waals surface area contributed by atoms with E-state index in [4.69, 9.17) is 0 Å². The molecular formula is C18H26N6. The molecule has 0 spiro atoms. The highest BCUT2D eigenvalue weighted by Gasteiger charge is 2.26. The van der Waals surface area contributed by atoms with Crippen LogP contribution >= 0.6 is 0 Å². The number of hydrogen-bond donors (Lipinski definition) is 0. The number of aryl methyl sites for hydroxylation is 1. The molecule has 2 aromatic heterocycles. The van der Waals surface area contributed by atoms with Crippen LogP contribution in [-0.4, -0.2) is 45.9 Å². The van der Waals surface area contributed by atoms with Crippen LogP contribution in [0.4, 0.5) is 11.6 Å². The second-order valence-electron chi connectivity index (χ2n) is 7.31. The van der Waals surface area contributed by atoms with Crippen LogP contribution in [0, 0.1) is 12.8 Å². The first-order valence-electron chi connectivity index (χ1n) is 9.02. The Bertz CT molecular complexity index is 696. The van der Waals surface area contributed by atoms with Crippen molar-refractivity contribution in [3.05, 3.63) is 30.4 Å². The summed E-state index contributed by atoms with van der Waals surface area (Å²) in [5.41, 5.74) is 1.22. The van der Waals surface area contributed by atoms with Crippen molar-refractivity contribution >= 4 is 11.6 Å². The molecule has 0 amide bonds. The van der Waals surface area contributed by atoms with Crippen molar-refractivity contribution < 1.29 is 0 Å². The first-order chi connectivity index (χ1) is 11.7. The summed E-state index contributed by atoms with van der Waals surface area (Å²) >= 11 is 0. The lowest BCUT2D eigenvalue weighted by molar-refractivity contribution is 0.444. The summed E-state index contributed by atoms with van der Waals surface area (Å²) in [6, 6.07) is 2.60. The largest absolute Gasteiger partial charge is 0.356 e. The Kier molecular flexibility index (Phi) is 4.12. The lowest BCUT2D eigenvalue weighted by Crippen LogP contribution is -2.35. The van der Waals surface area contributed by atoms with E-state index < -0.39 is 0 Å². The summed E-state index contributed by atoms with van der Waals surface area (Å²) < 4.78 is 2.10. The SMILES string of the molecule is Cc1cnn(C2CCN(c3cc(N4CCCC(C)C4)ncn3)C2)c1. The summed E-state index contributed by atoms with van der Waals surface area (Å²) in [6.07, 6.45) is 9.48. The Balaban J connectivity index is 1.48. The Labute approximate surface area is 143 Å². The van der Waals surface area contributed by atoms with Crippen LogP contribution in [0.2, 0.25) is 0 Å². The van der Waals surface area contributed by atoms with E-state index in [1.165, 1.54) is 18.4 Å². The minimum Gasteiger partial charge on any atom is -0.356 e. The van der Waals surface area contributed by atoms with E-state index in [1.54, 1.807) is 6.33 Å². The molecule has 2 aliphatic rings. The molecule has 2 atom stereocenters. The fourth-order valence-electron chi connectivity index (χ4n) is 3.88. The Morgan fingerprint density at radius 2 is 1.83 bits per heavy atom. The Morgan fingerprint density at radius 3 is 2.54 bits per heavy atom. The van der Waals surface area contributed by atoms with Gasteiger partial charge in [-0.15, -0.1) is 0 Å². The quantitative estimate of drug-likeness (QED) is 0.868. The van der Waals surface area contributed by atoms with E-state index in [9.17, 15) is 0 Å². The van der Waals surface area contributed by atoms with Crippen molar-refractivity contribution in [1.29, 1.82) is 0 Å². The lowest BCUT2D eigenvalue weighted by Gasteiger charge is -2.32. The van der Waals surface area contributed by atoms with Crippen molar-refractivity contribution in [2.75, 3.05) is 36.0 Å². The van der Waals surface area contributed by atoms with Gasteiger partial charge in [-0.25, -0.2) is 9.97 Å². The molecule has 2 aliphatic heterocycles. The summed E-state index contributed by atoms with van der Waals surface area (Å²) in [5.74, 6) is 2.87. The summed E-state index contributed by atoms with van der Waals surface area (Å²) in [7, 11) is 0. The van der Waals surface area contributed by atoms with Crippen LogP contribution in [0.15, 0.2) is 24.8 Å². The van der Waals surface area contributed by atoms with Crippen LogP contribution in [0.25, 0.3) is 0 Å². The molecule has 0 aliphatic carbocycles. The van der Waals surface area contributed by atoms with Crippen molar-refractivity contribution in [2.24, 2.45) is 5.92 Å². The van der Waals surface area contributed by atoms with Gasteiger partial charge in [-0.3, -0.25) is 4.68 Å². The average Bonchev–Trinajstić information content (AvgIpc) is 3.24. The zero-order chi connectivity index (χ0) is 16.5. The number of nitrogens with zero attached hydrogens (tertiary/aromatic N) is 6. The third kappa shape index (κ3) is 3.09. The van der Waals surface area contributed by atoms with Gasteiger partial charge in [-0.1, -0.05) is 6.92 Å². The summed E-state index contributed by atoms with van der Waals surface area (Å²) in [5, 5.41) is 4.47. The molecule has 2 saturated heterocycles. The monoisotopic (exact) mass is 326 g/mol. The molecule has 24 heavy (non-hydrogen) atoms. The molecule has 128 valence electrons. The van der Waals surface area contributed by atoms with Gasteiger partial charge < -0.3 is 9.80 Å². The zero-order valence-electron chi connectivity index (χ0n) is 14.6. The van der Waals surface area contributed by atoms with Gasteiger partial charge in [0.05, 0.1) is 12.2 Å². The molecule has 0 saturated carbocycles. The molecule has 6 nitrogen and oxygen atoms in total. The van der Waals surface area contributed by atoms with Crippen LogP contribution in [-0.2, 0) is 0 Å². The maximum Gasteiger partial charge on any atom is 0.134 e. The highest BCUT2D eigenvalue weighted by atomic mass is 15.3. The van der Waals surface area contributed by atoms with Crippen LogP contribution < -0.4 is 9.80 Å². The average molecular weight is 326 g/mol. The van der Waals surface area contributed by atoms with Crippen LogP contribution in [0.3, 0.4) is 0 Å². The third-order valence-electron chi connectivity index (χ3n) is 5.21. The molecular weight excluding hydrogens is 300 g/mol. The third-order valence-corrected chi connectivity index (χ3v) is 5.21. The van der Waals surface area contributed by atoms with Gasteiger partial charge in [0.2, 0.25) is 0 Å². The number of rotatable bonds is 3. The van der Waals surface area contributed by atoms with Gasteiger partial charge in [0.15, 0.2) is 0 Å². The normalized spacial score (nSPS) is 24.6. The van der Waals surface area contributed by atoms with Gasteiger partial charge in [0.25, 0.3) is 0 Å². The molecule has 2 unspecified atom stereocenters. The van der Waals surface area contributed by atoms with Crippen LogP contribution in [0.5, 0.6) is 0 Å². The maximum absolute atomic E-state index is 4.53. The number of piperidine rings is 1. The van der Waals surface area contributed by atoms with Gasteiger partial charge in [-0.2, -0.15) is 5.10 Å². The first kappa shape index (κ1) is 15.4.